The normalized spacial score (nSPS) is 14.7. The molecule has 0 amide bonds. The first-order valence-electron chi connectivity index (χ1n) is 14.9. The summed E-state index contributed by atoms with van der Waals surface area (Å²) < 4.78 is 6.46. The first-order chi connectivity index (χ1) is 20.8. The Bertz CT molecular complexity index is 1830. The maximum absolute atomic E-state index is 13.8. The molecule has 0 fully saturated rings. The number of Topliss-reactive ketones (excluding diaryl/α,β-unsaturated/α-hetero) is 2. The molecule has 1 aliphatic heterocycles. The van der Waals surface area contributed by atoms with Gasteiger partial charge in [-0.25, -0.2) is 0 Å². The van der Waals surface area contributed by atoms with Gasteiger partial charge in [-0.05, 0) is 110 Å². The van der Waals surface area contributed by atoms with Gasteiger partial charge in [0.25, 0.3) is 0 Å². The number of fused-ring (bicyclic) bond motifs is 2. The summed E-state index contributed by atoms with van der Waals surface area (Å²) in [5.74, 6) is 0.691. The van der Waals surface area contributed by atoms with E-state index in [1.165, 1.54) is 11.3 Å². The molecule has 2 aliphatic rings. The zero-order chi connectivity index (χ0) is 30.2. The van der Waals surface area contributed by atoms with Crippen LogP contribution in [-0.2, 0) is 4.74 Å². The third kappa shape index (κ3) is 5.25. The third-order valence-electron chi connectivity index (χ3n) is 8.32. The van der Waals surface area contributed by atoms with Crippen molar-refractivity contribution in [3.05, 3.63) is 147 Å². The second kappa shape index (κ2) is 11.4. The van der Waals surface area contributed by atoms with Crippen molar-refractivity contribution in [2.75, 3.05) is 18.0 Å². The van der Waals surface area contributed by atoms with Crippen LogP contribution in [0, 0.1) is 20.8 Å². The van der Waals surface area contributed by atoms with Crippen LogP contribution in [0.15, 0.2) is 108 Å². The number of anilines is 1. The number of hydrogen-bond donors (Lipinski definition) is 0. The van der Waals surface area contributed by atoms with Gasteiger partial charge in [0.2, 0.25) is 0 Å². The van der Waals surface area contributed by atoms with Crippen molar-refractivity contribution in [3.8, 4) is 0 Å². The maximum Gasteiger partial charge on any atom is 0.198 e. The van der Waals surface area contributed by atoms with E-state index in [0.717, 1.165) is 46.1 Å². The molecule has 1 heterocycles. The minimum atomic E-state index is -0.248. The number of ketones is 2. The molecule has 4 aromatic carbocycles. The average Bonchev–Trinajstić information content (AvgIpc) is 3.24. The van der Waals surface area contributed by atoms with E-state index in [9.17, 15) is 9.59 Å². The number of aryl methyl sites for hydroxylation is 3. The highest BCUT2D eigenvalue weighted by Gasteiger charge is 2.36. The molecule has 0 radical (unpaired) electrons. The van der Waals surface area contributed by atoms with Crippen LogP contribution in [0.2, 0.25) is 0 Å². The van der Waals surface area contributed by atoms with Crippen LogP contribution in [-0.4, -0.2) is 24.7 Å². The summed E-state index contributed by atoms with van der Waals surface area (Å²) in [5.41, 5.74) is 8.14. The van der Waals surface area contributed by atoms with Gasteiger partial charge in [0, 0.05) is 35.5 Å². The minimum absolute atomic E-state index is 0.183. The van der Waals surface area contributed by atoms with E-state index < -0.39 is 0 Å². The van der Waals surface area contributed by atoms with Crippen molar-refractivity contribution >= 4 is 39.9 Å². The molecule has 4 aromatic rings. The van der Waals surface area contributed by atoms with Crippen LogP contribution in [0.4, 0.5) is 5.69 Å². The number of nitrogens with zero attached hydrogens (tertiary/aromatic N) is 1. The SMILES string of the molecule is CCN(CC)c1ccc(/C=C/C2=CC(=C3C(=O)c4cc5ccccc5cc4C3=O)C=C(c3c(C)cc(C)cc3C)O2)cc1. The van der Waals surface area contributed by atoms with E-state index in [0.29, 0.717) is 28.2 Å². The molecule has 0 saturated heterocycles. The van der Waals surface area contributed by atoms with Crippen LogP contribution in [0.5, 0.6) is 0 Å². The molecule has 4 nitrogen and oxygen atoms in total. The Morgan fingerprint density at radius 3 is 1.86 bits per heavy atom. The lowest BCUT2D eigenvalue weighted by molar-refractivity contribution is 0.0988. The largest absolute Gasteiger partial charge is 0.457 e. The molecule has 0 saturated carbocycles. The summed E-state index contributed by atoms with van der Waals surface area (Å²) in [5, 5.41) is 1.88. The molecule has 0 atom stereocenters. The van der Waals surface area contributed by atoms with E-state index in [-0.39, 0.29) is 17.1 Å². The fourth-order valence-corrected chi connectivity index (χ4v) is 6.25. The van der Waals surface area contributed by atoms with Crippen molar-refractivity contribution in [2.45, 2.75) is 34.6 Å². The lowest BCUT2D eigenvalue weighted by atomic mass is 9.94. The van der Waals surface area contributed by atoms with Gasteiger partial charge in [-0.1, -0.05) is 60.2 Å². The van der Waals surface area contributed by atoms with Crippen LogP contribution in [0.1, 0.15) is 62.4 Å². The zero-order valence-electron chi connectivity index (χ0n) is 25.3. The molecule has 1 aliphatic carbocycles. The van der Waals surface area contributed by atoms with E-state index in [4.69, 9.17) is 4.74 Å². The molecule has 4 heteroatoms. The van der Waals surface area contributed by atoms with Crippen LogP contribution >= 0.6 is 0 Å². The lowest BCUT2D eigenvalue weighted by Gasteiger charge is -2.21. The predicted molar refractivity (Wildman–Crippen MR) is 176 cm³/mol. The fourth-order valence-electron chi connectivity index (χ4n) is 6.25. The number of hydrogen-bond acceptors (Lipinski definition) is 4. The highest BCUT2D eigenvalue weighted by molar-refractivity contribution is 6.41. The fraction of sp³-hybridized carbons (Fsp3) is 0.179. The Morgan fingerprint density at radius 1 is 0.721 bits per heavy atom. The van der Waals surface area contributed by atoms with E-state index in [1.54, 1.807) is 6.08 Å². The van der Waals surface area contributed by atoms with Gasteiger partial charge in [-0.2, -0.15) is 0 Å². The second-order valence-electron chi connectivity index (χ2n) is 11.3. The van der Waals surface area contributed by atoms with Gasteiger partial charge in [0.05, 0.1) is 5.57 Å². The molecule has 0 bridgehead atoms. The Morgan fingerprint density at radius 2 is 1.30 bits per heavy atom. The average molecular weight is 566 g/mol. The summed E-state index contributed by atoms with van der Waals surface area (Å²) >= 11 is 0. The first-order valence-corrected chi connectivity index (χ1v) is 14.9. The summed E-state index contributed by atoms with van der Waals surface area (Å²) in [4.78, 5) is 29.9. The lowest BCUT2D eigenvalue weighted by Crippen LogP contribution is -2.21. The van der Waals surface area contributed by atoms with Gasteiger partial charge >= 0.3 is 0 Å². The van der Waals surface area contributed by atoms with Gasteiger partial charge in [-0.3, -0.25) is 9.59 Å². The highest BCUT2D eigenvalue weighted by Crippen LogP contribution is 2.38. The number of carbonyl (C=O) groups is 2. The Balaban J connectivity index is 1.45. The van der Waals surface area contributed by atoms with Crippen LogP contribution in [0.25, 0.3) is 22.6 Å². The Kier molecular flexibility index (Phi) is 7.45. The molecule has 0 spiro atoms. The number of carbonyl (C=O) groups excluding carboxylic acids is 2. The molecule has 0 N–H and O–H groups in total. The minimum Gasteiger partial charge on any atom is -0.457 e. The Labute approximate surface area is 253 Å². The standard InChI is InChI=1S/C39H35NO3/c1-6-40(7-2)31-15-12-27(13-16-31)14-17-32-20-30(23-35(43-32)36-25(4)18-24(3)19-26(36)5)37-38(41)33-21-28-10-8-9-11-29(28)22-34(33)39(37)42/h8-23H,6-7H2,1-5H3/b17-14+. The molecule has 0 unspecified atom stereocenters. The summed E-state index contributed by atoms with van der Waals surface area (Å²) in [7, 11) is 0. The number of benzene rings is 4. The van der Waals surface area contributed by atoms with Crippen LogP contribution < -0.4 is 4.90 Å². The van der Waals surface area contributed by atoms with Gasteiger partial charge in [0.1, 0.15) is 11.5 Å². The third-order valence-corrected chi connectivity index (χ3v) is 8.32. The van der Waals surface area contributed by atoms with Crippen molar-refractivity contribution < 1.29 is 14.3 Å². The number of rotatable bonds is 6. The smallest absolute Gasteiger partial charge is 0.198 e. The van der Waals surface area contributed by atoms with Crippen molar-refractivity contribution in [3.63, 3.8) is 0 Å². The van der Waals surface area contributed by atoms with Crippen molar-refractivity contribution in [1.82, 2.24) is 0 Å². The summed E-state index contributed by atoms with van der Waals surface area (Å²) in [6, 6.07) is 24.1. The predicted octanol–water partition coefficient (Wildman–Crippen LogP) is 8.96. The van der Waals surface area contributed by atoms with E-state index in [1.807, 2.05) is 54.6 Å². The highest BCUT2D eigenvalue weighted by atomic mass is 16.5. The van der Waals surface area contributed by atoms with E-state index in [2.05, 4.69) is 75.9 Å². The molecular formula is C39H35NO3. The van der Waals surface area contributed by atoms with Crippen LogP contribution in [0.3, 0.4) is 0 Å². The molecule has 43 heavy (non-hydrogen) atoms. The van der Waals surface area contributed by atoms with Crippen molar-refractivity contribution in [1.29, 1.82) is 0 Å². The van der Waals surface area contributed by atoms with Crippen molar-refractivity contribution in [2.24, 2.45) is 0 Å². The monoisotopic (exact) mass is 565 g/mol. The first kappa shape index (κ1) is 28.2. The van der Waals surface area contributed by atoms with Gasteiger partial charge < -0.3 is 9.64 Å². The topological polar surface area (TPSA) is 46.6 Å². The summed E-state index contributed by atoms with van der Waals surface area (Å²) in [6.07, 6.45) is 7.55. The zero-order valence-corrected chi connectivity index (χ0v) is 25.3. The molecular weight excluding hydrogens is 530 g/mol. The molecule has 6 rings (SSSR count). The Hall–Kier alpha value is -4.96. The number of allylic oxidation sites excluding steroid dienone is 5. The van der Waals surface area contributed by atoms with E-state index >= 15 is 0 Å². The molecule has 0 aromatic heterocycles. The second-order valence-corrected chi connectivity index (χ2v) is 11.3. The molecule has 214 valence electrons. The van der Waals surface area contributed by atoms with Gasteiger partial charge in [-0.15, -0.1) is 0 Å². The summed E-state index contributed by atoms with van der Waals surface area (Å²) in [6.45, 7) is 12.4. The quantitative estimate of drug-likeness (QED) is 0.173. The maximum atomic E-state index is 13.8. The number of ether oxygens (including phenoxy) is 1. The van der Waals surface area contributed by atoms with Gasteiger partial charge in [0.15, 0.2) is 11.6 Å².